The smallest absolute Gasteiger partial charge is 0.255 e. The Bertz CT molecular complexity index is 1170. The number of anilines is 1. The average molecular weight is 449 g/mol. The van der Waals surface area contributed by atoms with Crippen molar-refractivity contribution in [2.24, 2.45) is 0 Å². The number of aromatic nitrogens is 2. The molecule has 2 aromatic heterocycles. The molecule has 7 heteroatoms. The zero-order valence-corrected chi connectivity index (χ0v) is 19.3. The van der Waals surface area contributed by atoms with Gasteiger partial charge in [-0.1, -0.05) is 19.9 Å². The second kappa shape index (κ2) is 10.4. The molecule has 6 nitrogen and oxygen atoms in total. The van der Waals surface area contributed by atoms with E-state index in [2.05, 4.69) is 51.9 Å². The minimum atomic E-state index is -0.163. The Labute approximate surface area is 192 Å². The summed E-state index contributed by atoms with van der Waals surface area (Å²) >= 11 is 1.53. The van der Waals surface area contributed by atoms with Crippen molar-refractivity contribution in [2.75, 3.05) is 25.0 Å². The molecule has 0 fully saturated rings. The highest BCUT2D eigenvalue weighted by Crippen LogP contribution is 2.22. The van der Waals surface area contributed by atoms with Gasteiger partial charge in [-0.15, -0.1) is 11.3 Å². The summed E-state index contributed by atoms with van der Waals surface area (Å²) < 4.78 is 8.03. The van der Waals surface area contributed by atoms with Gasteiger partial charge in [0.15, 0.2) is 0 Å². The molecule has 1 N–H and O–H groups in total. The highest BCUT2D eigenvalue weighted by molar-refractivity contribution is 7.07. The third-order valence-corrected chi connectivity index (χ3v) is 6.18. The predicted molar refractivity (Wildman–Crippen MR) is 131 cm³/mol. The summed E-state index contributed by atoms with van der Waals surface area (Å²) in [5.41, 5.74) is 5.16. The Morgan fingerprint density at radius 1 is 1.16 bits per heavy atom. The van der Waals surface area contributed by atoms with Gasteiger partial charge in [0.25, 0.3) is 5.91 Å². The van der Waals surface area contributed by atoms with Crippen LogP contribution < -0.4 is 10.1 Å². The van der Waals surface area contributed by atoms with E-state index in [1.165, 1.54) is 16.9 Å². The molecular formula is C25H28N4O2S. The van der Waals surface area contributed by atoms with Gasteiger partial charge in [0.2, 0.25) is 0 Å². The maximum absolute atomic E-state index is 12.8. The van der Waals surface area contributed by atoms with E-state index in [0.717, 1.165) is 42.9 Å². The standard InChI is InChI=1S/C25H28N4O2S/c1-3-28(4-2)12-13-29-11-10-19-14-21(8-9-24(19)29)27-25(30)20-6-5-7-23(15-20)31-16-22-17-32-18-26-22/h5-11,14-15,17-18H,3-4,12-13,16H2,1-2H3,(H,27,30). The second-order valence-corrected chi connectivity index (χ2v) is 8.28. The molecule has 0 aliphatic carbocycles. The number of rotatable bonds is 10. The largest absolute Gasteiger partial charge is 0.487 e. The fourth-order valence-corrected chi connectivity index (χ4v) is 4.20. The number of benzene rings is 2. The first-order valence-electron chi connectivity index (χ1n) is 10.9. The summed E-state index contributed by atoms with van der Waals surface area (Å²) in [5.74, 6) is 0.482. The molecule has 4 aromatic rings. The number of carbonyl (C=O) groups is 1. The lowest BCUT2D eigenvalue weighted by molar-refractivity contribution is 0.102. The number of fused-ring (bicyclic) bond motifs is 1. The van der Waals surface area contributed by atoms with Crippen LogP contribution in [0.1, 0.15) is 29.9 Å². The molecular weight excluding hydrogens is 420 g/mol. The van der Waals surface area contributed by atoms with Crippen molar-refractivity contribution in [1.29, 1.82) is 0 Å². The lowest BCUT2D eigenvalue weighted by Gasteiger charge is -2.18. The minimum Gasteiger partial charge on any atom is -0.487 e. The van der Waals surface area contributed by atoms with Gasteiger partial charge in [0.1, 0.15) is 12.4 Å². The summed E-state index contributed by atoms with van der Waals surface area (Å²) in [6.07, 6.45) is 2.11. The van der Waals surface area contributed by atoms with E-state index in [9.17, 15) is 4.79 Å². The van der Waals surface area contributed by atoms with E-state index < -0.39 is 0 Å². The number of amides is 1. The highest BCUT2D eigenvalue weighted by atomic mass is 32.1. The summed E-state index contributed by atoms with van der Waals surface area (Å²) in [6, 6.07) is 15.3. The third kappa shape index (κ3) is 5.36. The van der Waals surface area contributed by atoms with Gasteiger partial charge in [-0.05, 0) is 55.6 Å². The number of likely N-dealkylation sites (N-methyl/N-ethyl adjacent to an activating group) is 1. The summed E-state index contributed by atoms with van der Waals surface area (Å²) in [5, 5.41) is 6.06. The maximum Gasteiger partial charge on any atom is 0.255 e. The van der Waals surface area contributed by atoms with Crippen LogP contribution in [0.4, 0.5) is 5.69 Å². The van der Waals surface area contributed by atoms with E-state index in [1.54, 1.807) is 17.6 Å². The van der Waals surface area contributed by atoms with Crippen LogP contribution in [0.5, 0.6) is 5.75 Å². The Kier molecular flexibility index (Phi) is 7.19. The lowest BCUT2D eigenvalue weighted by Crippen LogP contribution is -2.26. The maximum atomic E-state index is 12.8. The molecule has 0 bridgehead atoms. The van der Waals surface area contributed by atoms with Crippen LogP contribution >= 0.6 is 11.3 Å². The Balaban J connectivity index is 1.40. The second-order valence-electron chi connectivity index (χ2n) is 7.56. The first-order valence-corrected chi connectivity index (χ1v) is 11.8. The van der Waals surface area contributed by atoms with Crippen molar-refractivity contribution < 1.29 is 9.53 Å². The normalized spacial score (nSPS) is 11.2. The van der Waals surface area contributed by atoms with Gasteiger partial charge in [0, 0.05) is 46.8 Å². The number of nitrogens with zero attached hydrogens (tertiary/aromatic N) is 3. The third-order valence-electron chi connectivity index (χ3n) is 5.55. The van der Waals surface area contributed by atoms with Crippen LogP contribution in [0, 0.1) is 0 Å². The van der Waals surface area contributed by atoms with Gasteiger partial charge >= 0.3 is 0 Å². The van der Waals surface area contributed by atoms with Crippen LogP contribution in [0.2, 0.25) is 0 Å². The summed E-state index contributed by atoms with van der Waals surface area (Å²) in [4.78, 5) is 19.4. The van der Waals surface area contributed by atoms with E-state index in [1.807, 2.05) is 29.6 Å². The molecule has 0 radical (unpaired) electrons. The fraction of sp³-hybridized carbons (Fsp3) is 0.280. The van der Waals surface area contributed by atoms with Gasteiger partial charge in [-0.25, -0.2) is 4.98 Å². The first-order chi connectivity index (χ1) is 15.7. The number of carbonyl (C=O) groups excluding carboxylic acids is 1. The van der Waals surface area contributed by atoms with E-state index in [-0.39, 0.29) is 5.91 Å². The Morgan fingerprint density at radius 2 is 2.03 bits per heavy atom. The van der Waals surface area contributed by atoms with Crippen molar-refractivity contribution in [3.63, 3.8) is 0 Å². The molecule has 1 amide bonds. The molecule has 2 aromatic carbocycles. The number of hydrogen-bond acceptors (Lipinski definition) is 5. The van der Waals surface area contributed by atoms with Crippen LogP contribution in [0.15, 0.2) is 65.6 Å². The monoisotopic (exact) mass is 448 g/mol. The molecule has 166 valence electrons. The topological polar surface area (TPSA) is 59.4 Å². The fourth-order valence-electron chi connectivity index (χ4n) is 3.66. The van der Waals surface area contributed by atoms with Crippen molar-refractivity contribution in [2.45, 2.75) is 27.0 Å². The van der Waals surface area contributed by atoms with Gasteiger partial charge in [-0.2, -0.15) is 0 Å². The van der Waals surface area contributed by atoms with Gasteiger partial charge < -0.3 is 19.5 Å². The molecule has 0 aliphatic rings. The molecule has 32 heavy (non-hydrogen) atoms. The number of ether oxygens (including phenoxy) is 1. The lowest BCUT2D eigenvalue weighted by atomic mass is 10.2. The highest BCUT2D eigenvalue weighted by Gasteiger charge is 2.10. The van der Waals surface area contributed by atoms with Crippen LogP contribution in [0.3, 0.4) is 0 Å². The number of hydrogen-bond donors (Lipinski definition) is 1. The van der Waals surface area contributed by atoms with Gasteiger partial charge in [-0.3, -0.25) is 4.79 Å². The minimum absolute atomic E-state index is 0.163. The average Bonchev–Trinajstić information content (AvgIpc) is 3.48. The zero-order valence-electron chi connectivity index (χ0n) is 18.5. The molecule has 0 saturated carbocycles. The first kappa shape index (κ1) is 22.0. The van der Waals surface area contributed by atoms with Crippen molar-refractivity contribution in [3.05, 3.63) is 76.9 Å². The van der Waals surface area contributed by atoms with Gasteiger partial charge in [0.05, 0.1) is 11.2 Å². The molecule has 0 atom stereocenters. The van der Waals surface area contributed by atoms with E-state index in [4.69, 9.17) is 4.74 Å². The van der Waals surface area contributed by atoms with Crippen molar-refractivity contribution in [1.82, 2.24) is 14.5 Å². The zero-order chi connectivity index (χ0) is 22.3. The molecule has 4 rings (SSSR count). The molecule has 2 heterocycles. The molecule has 0 saturated heterocycles. The van der Waals surface area contributed by atoms with E-state index in [0.29, 0.717) is 17.9 Å². The van der Waals surface area contributed by atoms with Crippen molar-refractivity contribution in [3.8, 4) is 5.75 Å². The SMILES string of the molecule is CCN(CC)CCn1ccc2cc(NC(=O)c3cccc(OCc4cscn4)c3)ccc21. The predicted octanol–water partition coefficient (Wildman–Crippen LogP) is 5.27. The van der Waals surface area contributed by atoms with E-state index >= 15 is 0 Å². The number of nitrogens with one attached hydrogen (secondary N) is 1. The molecule has 0 spiro atoms. The summed E-state index contributed by atoms with van der Waals surface area (Å²) in [6.45, 7) is 8.85. The van der Waals surface area contributed by atoms with Crippen molar-refractivity contribution >= 4 is 33.8 Å². The van der Waals surface area contributed by atoms with Crippen LogP contribution in [0.25, 0.3) is 10.9 Å². The Hall–Kier alpha value is -3.16. The summed E-state index contributed by atoms with van der Waals surface area (Å²) in [7, 11) is 0. The quantitative estimate of drug-likeness (QED) is 0.359. The molecule has 0 unspecified atom stereocenters. The Morgan fingerprint density at radius 3 is 2.81 bits per heavy atom. The van der Waals surface area contributed by atoms with Crippen LogP contribution in [-0.2, 0) is 13.2 Å². The molecule has 0 aliphatic heterocycles. The number of thiazole rings is 1. The van der Waals surface area contributed by atoms with Crippen LogP contribution in [-0.4, -0.2) is 40.0 Å².